The van der Waals surface area contributed by atoms with E-state index in [-0.39, 0.29) is 5.82 Å². The first-order chi connectivity index (χ1) is 9.19. The largest absolute Gasteiger partial charge is 0.317 e. The van der Waals surface area contributed by atoms with Gasteiger partial charge in [-0.3, -0.25) is 0 Å². The molecule has 0 spiro atoms. The second-order valence-corrected chi connectivity index (χ2v) is 5.77. The predicted molar refractivity (Wildman–Crippen MR) is 77.5 cm³/mol. The monoisotopic (exact) mass is 264 g/mol. The van der Waals surface area contributed by atoms with Crippen LogP contribution in [0.25, 0.3) is 0 Å². The fraction of sp³-hybridized carbons (Fsp3) is 0.625. The summed E-state index contributed by atoms with van der Waals surface area (Å²) in [4.78, 5) is 2.31. The zero-order chi connectivity index (χ0) is 13.7. The Balaban J connectivity index is 1.87. The molecule has 106 valence electrons. The number of nitrogens with zero attached hydrogens (tertiary/aromatic N) is 1. The summed E-state index contributed by atoms with van der Waals surface area (Å²) in [5.41, 5.74) is 1.05. The molecule has 1 saturated carbocycles. The number of rotatable bonds is 5. The van der Waals surface area contributed by atoms with Crippen LogP contribution in [0.2, 0.25) is 0 Å². The minimum Gasteiger partial charge on any atom is -0.317 e. The second-order valence-electron chi connectivity index (χ2n) is 5.77. The summed E-state index contributed by atoms with van der Waals surface area (Å²) < 4.78 is 13.2. The van der Waals surface area contributed by atoms with E-state index in [1.54, 1.807) is 12.1 Å². The molecule has 0 bridgehead atoms. The molecule has 1 aliphatic carbocycles. The SMILES string of the molecule is CNC1CCCCC1CN(C)Cc1cccc(F)c1. The van der Waals surface area contributed by atoms with E-state index in [9.17, 15) is 4.39 Å². The summed E-state index contributed by atoms with van der Waals surface area (Å²) in [5, 5.41) is 3.45. The normalized spacial score (nSPS) is 23.8. The zero-order valence-electron chi connectivity index (χ0n) is 12.0. The van der Waals surface area contributed by atoms with Crippen LogP contribution >= 0.6 is 0 Å². The molecule has 2 unspecified atom stereocenters. The zero-order valence-corrected chi connectivity index (χ0v) is 12.0. The van der Waals surface area contributed by atoms with Crippen LogP contribution < -0.4 is 5.32 Å². The molecule has 2 nitrogen and oxygen atoms in total. The number of halogens is 1. The Bertz CT molecular complexity index is 394. The predicted octanol–water partition coefficient (Wildman–Crippen LogP) is 3.04. The van der Waals surface area contributed by atoms with Gasteiger partial charge in [-0.15, -0.1) is 0 Å². The minimum atomic E-state index is -0.142. The summed E-state index contributed by atoms with van der Waals surface area (Å²) in [6, 6.07) is 7.56. The molecule has 1 N–H and O–H groups in total. The third-order valence-corrected chi connectivity index (χ3v) is 4.17. The van der Waals surface area contributed by atoms with Crippen molar-refractivity contribution >= 4 is 0 Å². The first-order valence-electron chi connectivity index (χ1n) is 7.29. The molecule has 3 heteroatoms. The van der Waals surface area contributed by atoms with E-state index < -0.39 is 0 Å². The fourth-order valence-corrected chi connectivity index (χ4v) is 3.22. The van der Waals surface area contributed by atoms with Crippen LogP contribution in [0.3, 0.4) is 0 Å². The average molecular weight is 264 g/mol. The van der Waals surface area contributed by atoms with Crippen molar-refractivity contribution in [3.63, 3.8) is 0 Å². The minimum absolute atomic E-state index is 0.142. The van der Waals surface area contributed by atoms with E-state index in [4.69, 9.17) is 0 Å². The van der Waals surface area contributed by atoms with Crippen LogP contribution in [0.5, 0.6) is 0 Å². The summed E-state index contributed by atoms with van der Waals surface area (Å²) in [6.07, 6.45) is 5.28. The smallest absolute Gasteiger partial charge is 0.123 e. The lowest BCUT2D eigenvalue weighted by Crippen LogP contribution is -2.41. The molecule has 0 aliphatic heterocycles. The van der Waals surface area contributed by atoms with Crippen molar-refractivity contribution < 1.29 is 4.39 Å². The standard InChI is InChI=1S/C16H25FN2/c1-18-16-9-4-3-7-14(16)12-19(2)11-13-6-5-8-15(17)10-13/h5-6,8,10,14,16,18H,3-4,7,9,11-12H2,1-2H3. The van der Waals surface area contributed by atoms with E-state index in [1.165, 1.54) is 31.7 Å². The van der Waals surface area contributed by atoms with Crippen LogP contribution in [0.15, 0.2) is 24.3 Å². The van der Waals surface area contributed by atoms with Crippen molar-refractivity contribution in [2.75, 3.05) is 20.6 Å². The van der Waals surface area contributed by atoms with Gasteiger partial charge in [0.1, 0.15) is 5.82 Å². The molecular weight excluding hydrogens is 239 g/mol. The highest BCUT2D eigenvalue weighted by molar-refractivity contribution is 5.16. The van der Waals surface area contributed by atoms with E-state index in [0.29, 0.717) is 6.04 Å². The molecule has 0 aromatic heterocycles. The van der Waals surface area contributed by atoms with Gasteiger partial charge in [0.15, 0.2) is 0 Å². The third kappa shape index (κ3) is 4.29. The molecular formula is C16H25FN2. The number of nitrogens with one attached hydrogen (secondary N) is 1. The van der Waals surface area contributed by atoms with Gasteiger partial charge in [-0.1, -0.05) is 25.0 Å². The molecule has 2 rings (SSSR count). The van der Waals surface area contributed by atoms with Gasteiger partial charge in [-0.2, -0.15) is 0 Å². The van der Waals surface area contributed by atoms with Crippen molar-refractivity contribution in [3.05, 3.63) is 35.6 Å². The van der Waals surface area contributed by atoms with Gasteiger partial charge in [-0.05, 0) is 50.6 Å². The van der Waals surface area contributed by atoms with Gasteiger partial charge in [-0.25, -0.2) is 4.39 Å². The topological polar surface area (TPSA) is 15.3 Å². The Morgan fingerprint density at radius 1 is 1.32 bits per heavy atom. The first kappa shape index (κ1) is 14.5. The van der Waals surface area contributed by atoms with Crippen molar-refractivity contribution in [1.29, 1.82) is 0 Å². The highest BCUT2D eigenvalue weighted by Gasteiger charge is 2.24. The number of hydrogen-bond donors (Lipinski definition) is 1. The highest BCUT2D eigenvalue weighted by Crippen LogP contribution is 2.25. The van der Waals surface area contributed by atoms with Crippen molar-refractivity contribution in [1.82, 2.24) is 10.2 Å². The van der Waals surface area contributed by atoms with Gasteiger partial charge in [0.05, 0.1) is 0 Å². The average Bonchev–Trinajstić information content (AvgIpc) is 2.39. The van der Waals surface area contributed by atoms with Crippen LogP contribution in [-0.2, 0) is 6.54 Å². The maximum atomic E-state index is 13.2. The van der Waals surface area contributed by atoms with Gasteiger partial charge < -0.3 is 10.2 Å². The lowest BCUT2D eigenvalue weighted by Gasteiger charge is -2.34. The molecule has 19 heavy (non-hydrogen) atoms. The van der Waals surface area contributed by atoms with Crippen molar-refractivity contribution in [2.24, 2.45) is 5.92 Å². The Kier molecular flexibility index (Phi) is 5.34. The Morgan fingerprint density at radius 3 is 2.84 bits per heavy atom. The maximum Gasteiger partial charge on any atom is 0.123 e. The maximum absolute atomic E-state index is 13.2. The highest BCUT2D eigenvalue weighted by atomic mass is 19.1. The van der Waals surface area contributed by atoms with Gasteiger partial charge in [0.2, 0.25) is 0 Å². The molecule has 1 aromatic rings. The molecule has 0 saturated heterocycles. The lowest BCUT2D eigenvalue weighted by atomic mass is 9.84. The molecule has 2 atom stereocenters. The number of hydrogen-bond acceptors (Lipinski definition) is 2. The lowest BCUT2D eigenvalue weighted by molar-refractivity contribution is 0.190. The summed E-state index contributed by atoms with van der Waals surface area (Å²) in [6.45, 7) is 1.91. The van der Waals surface area contributed by atoms with Gasteiger partial charge in [0.25, 0.3) is 0 Å². The van der Waals surface area contributed by atoms with E-state index >= 15 is 0 Å². The summed E-state index contributed by atoms with van der Waals surface area (Å²) in [7, 11) is 4.20. The summed E-state index contributed by atoms with van der Waals surface area (Å²) >= 11 is 0. The van der Waals surface area contributed by atoms with Crippen LogP contribution in [0.4, 0.5) is 4.39 Å². The first-order valence-corrected chi connectivity index (χ1v) is 7.29. The van der Waals surface area contributed by atoms with Crippen molar-refractivity contribution in [2.45, 2.75) is 38.3 Å². The molecule has 0 amide bonds. The molecule has 0 radical (unpaired) electrons. The van der Waals surface area contributed by atoms with E-state index in [0.717, 1.165) is 24.6 Å². The second kappa shape index (κ2) is 7.01. The molecule has 0 heterocycles. The van der Waals surface area contributed by atoms with Gasteiger partial charge >= 0.3 is 0 Å². The van der Waals surface area contributed by atoms with Crippen LogP contribution in [-0.4, -0.2) is 31.6 Å². The van der Waals surface area contributed by atoms with E-state index in [1.807, 2.05) is 6.07 Å². The summed E-state index contributed by atoms with van der Waals surface area (Å²) in [5.74, 6) is 0.578. The van der Waals surface area contributed by atoms with Crippen molar-refractivity contribution in [3.8, 4) is 0 Å². The quantitative estimate of drug-likeness (QED) is 0.879. The molecule has 1 aliphatic rings. The fourth-order valence-electron chi connectivity index (χ4n) is 3.22. The van der Waals surface area contributed by atoms with Crippen LogP contribution in [0.1, 0.15) is 31.2 Å². The molecule has 1 fully saturated rings. The Labute approximate surface area is 116 Å². The Hall–Kier alpha value is -0.930. The van der Waals surface area contributed by atoms with Crippen LogP contribution in [0, 0.1) is 11.7 Å². The van der Waals surface area contributed by atoms with E-state index in [2.05, 4.69) is 24.3 Å². The van der Waals surface area contributed by atoms with Gasteiger partial charge in [0, 0.05) is 19.1 Å². The number of benzene rings is 1. The Morgan fingerprint density at radius 2 is 2.11 bits per heavy atom. The molecule has 1 aromatic carbocycles. The third-order valence-electron chi connectivity index (χ3n) is 4.17.